The van der Waals surface area contributed by atoms with E-state index < -0.39 is 0 Å². The fraction of sp³-hybridized carbons (Fsp3) is 0.417. The van der Waals surface area contributed by atoms with Gasteiger partial charge in [-0.15, -0.1) is 0 Å². The van der Waals surface area contributed by atoms with Gasteiger partial charge in [0.05, 0.1) is 13.5 Å². The van der Waals surface area contributed by atoms with Crippen LogP contribution in [0.5, 0.6) is 0 Å². The molecule has 0 saturated carbocycles. The van der Waals surface area contributed by atoms with E-state index in [0.29, 0.717) is 6.42 Å². The van der Waals surface area contributed by atoms with Gasteiger partial charge in [0.1, 0.15) is 0 Å². The summed E-state index contributed by atoms with van der Waals surface area (Å²) >= 11 is 3.44. The minimum absolute atomic E-state index is 0.191. The second-order valence-electron chi connectivity index (χ2n) is 3.61. The van der Waals surface area contributed by atoms with Crippen LogP contribution in [0.4, 0.5) is 0 Å². The van der Waals surface area contributed by atoms with E-state index >= 15 is 0 Å². The molecule has 1 aromatic rings. The Morgan fingerprint density at radius 2 is 2.07 bits per heavy atom. The van der Waals surface area contributed by atoms with Crippen molar-refractivity contribution in [1.29, 1.82) is 0 Å². The molecule has 3 heteroatoms. The molecule has 0 aromatic heterocycles. The molecule has 0 unspecified atom stereocenters. The van der Waals surface area contributed by atoms with Crippen molar-refractivity contribution in [3.05, 3.63) is 34.4 Å². The van der Waals surface area contributed by atoms with Crippen LogP contribution in [-0.2, 0) is 21.3 Å². The highest BCUT2D eigenvalue weighted by molar-refractivity contribution is 9.08. The number of carbonyl (C=O) groups excluding carboxylic acids is 1. The first-order chi connectivity index (χ1) is 7.08. The Bertz CT molecular complexity index is 372. The highest BCUT2D eigenvalue weighted by Gasteiger charge is 2.10. The van der Waals surface area contributed by atoms with Crippen LogP contribution in [0.3, 0.4) is 0 Å². The largest absolute Gasteiger partial charge is 0.469 e. The molecular weight excluding hydrogens is 256 g/mol. The van der Waals surface area contributed by atoms with Crippen LogP contribution in [0.15, 0.2) is 12.1 Å². The van der Waals surface area contributed by atoms with Crippen molar-refractivity contribution in [3.63, 3.8) is 0 Å². The van der Waals surface area contributed by atoms with Gasteiger partial charge >= 0.3 is 5.97 Å². The topological polar surface area (TPSA) is 26.3 Å². The molecule has 1 aromatic carbocycles. The molecule has 0 heterocycles. The Morgan fingerprint density at radius 3 is 2.60 bits per heavy atom. The first kappa shape index (κ1) is 12.2. The van der Waals surface area contributed by atoms with Crippen molar-refractivity contribution >= 4 is 21.9 Å². The van der Waals surface area contributed by atoms with E-state index in [4.69, 9.17) is 0 Å². The lowest BCUT2D eigenvalue weighted by Crippen LogP contribution is -2.08. The molecule has 0 aliphatic heterocycles. The molecule has 82 valence electrons. The third kappa shape index (κ3) is 3.06. The van der Waals surface area contributed by atoms with Crippen LogP contribution >= 0.6 is 15.9 Å². The number of methoxy groups -OCH3 is 1. The molecule has 0 aliphatic carbocycles. The lowest BCUT2D eigenvalue weighted by Gasteiger charge is -2.11. The zero-order valence-electron chi connectivity index (χ0n) is 9.26. The number of alkyl halides is 1. The third-order valence-electron chi connectivity index (χ3n) is 2.40. The van der Waals surface area contributed by atoms with E-state index in [-0.39, 0.29) is 5.97 Å². The molecule has 0 bridgehead atoms. The van der Waals surface area contributed by atoms with Crippen molar-refractivity contribution in [1.82, 2.24) is 0 Å². The number of aryl methyl sites for hydroxylation is 2. The molecule has 1 rings (SSSR count). The van der Waals surface area contributed by atoms with E-state index in [1.165, 1.54) is 12.7 Å². The van der Waals surface area contributed by atoms with Gasteiger partial charge in [-0.1, -0.05) is 33.6 Å². The molecular formula is C12H15BrO2. The van der Waals surface area contributed by atoms with E-state index in [9.17, 15) is 4.79 Å². The van der Waals surface area contributed by atoms with Gasteiger partial charge in [-0.3, -0.25) is 4.79 Å². The van der Waals surface area contributed by atoms with E-state index in [2.05, 4.69) is 39.7 Å². The Morgan fingerprint density at radius 1 is 1.40 bits per heavy atom. The Hall–Kier alpha value is -0.830. The molecule has 0 aliphatic rings. The minimum atomic E-state index is -0.191. The minimum Gasteiger partial charge on any atom is -0.469 e. The molecule has 15 heavy (non-hydrogen) atoms. The van der Waals surface area contributed by atoms with Crippen molar-refractivity contribution in [2.45, 2.75) is 25.6 Å². The quantitative estimate of drug-likeness (QED) is 0.624. The maximum atomic E-state index is 11.2. The molecule has 0 amide bonds. The number of hydrogen-bond donors (Lipinski definition) is 0. The first-order valence-corrected chi connectivity index (χ1v) is 5.92. The van der Waals surface area contributed by atoms with Crippen LogP contribution in [0, 0.1) is 13.8 Å². The number of rotatable bonds is 3. The molecule has 2 nitrogen and oxygen atoms in total. The van der Waals surface area contributed by atoms with Gasteiger partial charge in [-0.2, -0.15) is 0 Å². The average Bonchev–Trinajstić information content (AvgIpc) is 2.21. The number of halogens is 1. The summed E-state index contributed by atoms with van der Waals surface area (Å²) in [4.78, 5) is 11.2. The summed E-state index contributed by atoms with van der Waals surface area (Å²) in [6.45, 7) is 4.08. The van der Waals surface area contributed by atoms with Gasteiger partial charge in [-0.05, 0) is 30.5 Å². The zero-order valence-corrected chi connectivity index (χ0v) is 10.8. The Labute approximate surface area is 98.8 Å². The SMILES string of the molecule is COC(=O)Cc1c(C)cc(C)cc1CBr. The smallest absolute Gasteiger partial charge is 0.309 e. The Kier molecular flexibility index (Phi) is 4.33. The first-order valence-electron chi connectivity index (χ1n) is 4.80. The molecule has 0 saturated heterocycles. The van der Waals surface area contributed by atoms with Gasteiger partial charge in [-0.25, -0.2) is 0 Å². The zero-order chi connectivity index (χ0) is 11.4. The van der Waals surface area contributed by atoms with Gasteiger partial charge in [0.15, 0.2) is 0 Å². The predicted molar refractivity (Wildman–Crippen MR) is 64.3 cm³/mol. The molecule has 0 radical (unpaired) electrons. The van der Waals surface area contributed by atoms with E-state index in [1.807, 2.05) is 6.92 Å². The second-order valence-corrected chi connectivity index (χ2v) is 4.17. The predicted octanol–water partition coefficient (Wildman–Crippen LogP) is 2.91. The normalized spacial score (nSPS) is 10.1. The summed E-state index contributed by atoms with van der Waals surface area (Å²) in [7, 11) is 1.42. The third-order valence-corrected chi connectivity index (χ3v) is 3.01. The Balaban J connectivity index is 3.09. The highest BCUT2D eigenvalue weighted by atomic mass is 79.9. The maximum absolute atomic E-state index is 11.2. The fourth-order valence-electron chi connectivity index (χ4n) is 1.67. The monoisotopic (exact) mass is 270 g/mol. The van der Waals surface area contributed by atoms with Crippen LogP contribution in [0.2, 0.25) is 0 Å². The number of hydrogen-bond acceptors (Lipinski definition) is 2. The van der Waals surface area contributed by atoms with Crippen LogP contribution in [0.25, 0.3) is 0 Å². The van der Waals surface area contributed by atoms with Crippen molar-refractivity contribution in [2.75, 3.05) is 7.11 Å². The summed E-state index contributed by atoms with van der Waals surface area (Å²) < 4.78 is 4.68. The fourth-order valence-corrected chi connectivity index (χ4v) is 2.17. The van der Waals surface area contributed by atoms with E-state index in [0.717, 1.165) is 22.0 Å². The lowest BCUT2D eigenvalue weighted by molar-refractivity contribution is -0.139. The lowest BCUT2D eigenvalue weighted by atomic mass is 9.97. The van der Waals surface area contributed by atoms with Crippen LogP contribution in [-0.4, -0.2) is 13.1 Å². The van der Waals surface area contributed by atoms with Crippen molar-refractivity contribution in [3.8, 4) is 0 Å². The summed E-state index contributed by atoms with van der Waals surface area (Å²) in [5, 5.41) is 0.766. The van der Waals surface area contributed by atoms with Crippen LogP contribution in [0.1, 0.15) is 22.3 Å². The van der Waals surface area contributed by atoms with Crippen molar-refractivity contribution < 1.29 is 9.53 Å². The highest BCUT2D eigenvalue weighted by Crippen LogP contribution is 2.20. The van der Waals surface area contributed by atoms with Gasteiger partial charge in [0.2, 0.25) is 0 Å². The number of ether oxygens (including phenoxy) is 1. The molecule has 0 fully saturated rings. The van der Waals surface area contributed by atoms with E-state index in [1.54, 1.807) is 0 Å². The molecule has 0 atom stereocenters. The molecule has 0 N–H and O–H groups in total. The van der Waals surface area contributed by atoms with Gasteiger partial charge in [0, 0.05) is 5.33 Å². The summed E-state index contributed by atoms with van der Waals surface area (Å²) in [5.74, 6) is -0.191. The van der Waals surface area contributed by atoms with Gasteiger partial charge in [0.25, 0.3) is 0 Å². The number of esters is 1. The standard InChI is InChI=1S/C12H15BrO2/c1-8-4-9(2)11(6-12(14)15-3)10(5-8)7-13/h4-5H,6-7H2,1-3H3. The van der Waals surface area contributed by atoms with Crippen molar-refractivity contribution in [2.24, 2.45) is 0 Å². The molecule has 0 spiro atoms. The summed E-state index contributed by atoms with van der Waals surface area (Å²) in [6.07, 6.45) is 0.351. The van der Waals surface area contributed by atoms with Crippen LogP contribution < -0.4 is 0 Å². The summed E-state index contributed by atoms with van der Waals surface area (Å²) in [6, 6.07) is 4.18. The number of carbonyl (C=O) groups is 1. The summed E-state index contributed by atoms with van der Waals surface area (Å²) in [5.41, 5.74) is 4.60. The second kappa shape index (κ2) is 5.31. The number of benzene rings is 1. The van der Waals surface area contributed by atoms with Gasteiger partial charge < -0.3 is 4.74 Å². The average molecular weight is 271 g/mol. The maximum Gasteiger partial charge on any atom is 0.309 e.